The smallest absolute Gasteiger partial charge is 0.169 e. The standard InChI is InChI=1S/C8H8ClFO/c1-6(9)11-8-4-2-7(10)3-5-8/h2-6H,1H3. The van der Waals surface area contributed by atoms with Crippen LogP contribution in [-0.2, 0) is 0 Å². The second kappa shape index (κ2) is 3.58. The van der Waals surface area contributed by atoms with Gasteiger partial charge in [-0.3, -0.25) is 0 Å². The number of benzene rings is 1. The van der Waals surface area contributed by atoms with E-state index < -0.39 is 0 Å². The van der Waals surface area contributed by atoms with Crippen molar-refractivity contribution >= 4 is 11.6 Å². The van der Waals surface area contributed by atoms with Crippen LogP contribution in [0.15, 0.2) is 24.3 Å². The molecule has 0 amide bonds. The fraction of sp³-hybridized carbons (Fsp3) is 0.250. The SMILES string of the molecule is CC(Cl)Oc1ccc(F)cc1. The molecule has 60 valence electrons. The lowest BCUT2D eigenvalue weighted by Crippen LogP contribution is -2.01. The van der Waals surface area contributed by atoms with Crippen LogP contribution in [0.1, 0.15) is 6.92 Å². The van der Waals surface area contributed by atoms with E-state index in [1.54, 1.807) is 6.92 Å². The van der Waals surface area contributed by atoms with Crippen LogP contribution in [0.2, 0.25) is 0 Å². The third-order valence-corrected chi connectivity index (χ3v) is 1.20. The van der Waals surface area contributed by atoms with Gasteiger partial charge >= 0.3 is 0 Å². The van der Waals surface area contributed by atoms with Crippen LogP contribution in [0.25, 0.3) is 0 Å². The fourth-order valence-electron chi connectivity index (χ4n) is 0.701. The number of halogens is 2. The lowest BCUT2D eigenvalue weighted by molar-refractivity contribution is 0.301. The Morgan fingerprint density at radius 2 is 1.91 bits per heavy atom. The monoisotopic (exact) mass is 174 g/mol. The van der Waals surface area contributed by atoms with Crippen molar-refractivity contribution < 1.29 is 9.13 Å². The Labute approximate surface area is 69.7 Å². The van der Waals surface area contributed by atoms with E-state index in [9.17, 15) is 4.39 Å². The van der Waals surface area contributed by atoms with Crippen LogP contribution in [-0.4, -0.2) is 5.56 Å². The minimum absolute atomic E-state index is 0.278. The Bertz CT molecular complexity index is 220. The van der Waals surface area contributed by atoms with Crippen LogP contribution in [0.5, 0.6) is 5.75 Å². The molecule has 1 aromatic rings. The van der Waals surface area contributed by atoms with E-state index >= 15 is 0 Å². The first kappa shape index (κ1) is 8.34. The highest BCUT2D eigenvalue weighted by Gasteiger charge is 1.97. The van der Waals surface area contributed by atoms with E-state index in [4.69, 9.17) is 16.3 Å². The zero-order chi connectivity index (χ0) is 8.27. The highest BCUT2D eigenvalue weighted by molar-refractivity contribution is 6.19. The Morgan fingerprint density at radius 3 is 2.36 bits per heavy atom. The van der Waals surface area contributed by atoms with Gasteiger partial charge in [-0.1, -0.05) is 11.6 Å². The minimum Gasteiger partial charge on any atom is -0.475 e. The zero-order valence-corrected chi connectivity index (χ0v) is 6.81. The number of alkyl halides is 1. The van der Waals surface area contributed by atoms with Gasteiger partial charge in [-0.15, -0.1) is 0 Å². The van der Waals surface area contributed by atoms with Crippen LogP contribution < -0.4 is 4.74 Å². The first-order chi connectivity index (χ1) is 5.18. The van der Waals surface area contributed by atoms with E-state index in [-0.39, 0.29) is 11.4 Å². The Kier molecular flexibility index (Phi) is 2.71. The molecule has 0 heterocycles. The summed E-state index contributed by atoms with van der Waals surface area (Å²) in [5.74, 6) is 0.300. The maximum Gasteiger partial charge on any atom is 0.169 e. The Morgan fingerprint density at radius 1 is 1.36 bits per heavy atom. The van der Waals surface area contributed by atoms with E-state index in [2.05, 4.69) is 0 Å². The zero-order valence-electron chi connectivity index (χ0n) is 6.05. The molecule has 0 aromatic heterocycles. The van der Waals surface area contributed by atoms with Gasteiger partial charge in [-0.2, -0.15) is 0 Å². The maximum atomic E-state index is 12.3. The largest absolute Gasteiger partial charge is 0.475 e. The van der Waals surface area contributed by atoms with Crippen molar-refractivity contribution in [2.45, 2.75) is 12.5 Å². The molecule has 0 aliphatic carbocycles. The number of hydrogen-bond donors (Lipinski definition) is 0. The average Bonchev–Trinajstić information content (AvgIpc) is 1.93. The molecule has 0 saturated heterocycles. The second-order valence-electron chi connectivity index (χ2n) is 2.11. The molecule has 1 atom stereocenters. The molecule has 0 radical (unpaired) electrons. The molecule has 0 N–H and O–H groups in total. The topological polar surface area (TPSA) is 9.23 Å². The number of ether oxygens (including phenoxy) is 1. The minimum atomic E-state index is -0.388. The first-order valence-corrected chi connectivity index (χ1v) is 3.68. The predicted molar refractivity (Wildman–Crippen MR) is 42.3 cm³/mol. The van der Waals surface area contributed by atoms with Crippen molar-refractivity contribution in [1.29, 1.82) is 0 Å². The number of hydrogen-bond acceptors (Lipinski definition) is 1. The van der Waals surface area contributed by atoms with E-state index in [0.29, 0.717) is 5.75 Å². The van der Waals surface area contributed by atoms with Gasteiger partial charge in [0.15, 0.2) is 5.56 Å². The van der Waals surface area contributed by atoms with Crippen molar-refractivity contribution in [3.63, 3.8) is 0 Å². The van der Waals surface area contributed by atoms with Crippen molar-refractivity contribution in [1.82, 2.24) is 0 Å². The van der Waals surface area contributed by atoms with Gasteiger partial charge in [-0.05, 0) is 31.2 Å². The maximum absolute atomic E-state index is 12.3. The highest BCUT2D eigenvalue weighted by Crippen LogP contribution is 2.13. The van der Waals surface area contributed by atoms with Gasteiger partial charge in [0.25, 0.3) is 0 Å². The van der Waals surface area contributed by atoms with E-state index in [1.807, 2.05) is 0 Å². The molecule has 1 unspecified atom stereocenters. The number of rotatable bonds is 2. The molecule has 0 spiro atoms. The summed E-state index contributed by atoms with van der Waals surface area (Å²) in [6, 6.07) is 5.73. The van der Waals surface area contributed by atoms with Crippen LogP contribution in [0.3, 0.4) is 0 Å². The molecule has 0 aliphatic heterocycles. The van der Waals surface area contributed by atoms with E-state index in [1.165, 1.54) is 24.3 Å². The molecule has 0 saturated carbocycles. The summed E-state index contributed by atoms with van der Waals surface area (Å²) in [6.07, 6.45) is 0. The van der Waals surface area contributed by atoms with Crippen molar-refractivity contribution in [2.75, 3.05) is 0 Å². The third-order valence-electron chi connectivity index (χ3n) is 1.11. The molecule has 11 heavy (non-hydrogen) atoms. The summed E-state index contributed by atoms with van der Waals surface area (Å²) in [4.78, 5) is 0. The normalized spacial score (nSPS) is 12.6. The molecule has 0 aliphatic rings. The third kappa shape index (κ3) is 2.76. The van der Waals surface area contributed by atoms with Gasteiger partial charge in [0.2, 0.25) is 0 Å². The van der Waals surface area contributed by atoms with Gasteiger partial charge in [0.1, 0.15) is 11.6 Å². The van der Waals surface area contributed by atoms with E-state index in [0.717, 1.165) is 0 Å². The predicted octanol–water partition coefficient (Wildman–Crippen LogP) is 2.79. The lowest BCUT2D eigenvalue weighted by Gasteiger charge is -2.06. The first-order valence-electron chi connectivity index (χ1n) is 3.25. The van der Waals surface area contributed by atoms with Crippen molar-refractivity contribution in [3.05, 3.63) is 30.1 Å². The summed E-state index contributed by atoms with van der Waals surface area (Å²) in [6.45, 7) is 1.70. The second-order valence-corrected chi connectivity index (χ2v) is 2.73. The summed E-state index contributed by atoms with van der Waals surface area (Å²) >= 11 is 5.54. The van der Waals surface area contributed by atoms with Gasteiger partial charge in [0, 0.05) is 0 Å². The quantitative estimate of drug-likeness (QED) is 0.627. The summed E-state index contributed by atoms with van der Waals surface area (Å²) in [7, 11) is 0. The average molecular weight is 175 g/mol. The van der Waals surface area contributed by atoms with Gasteiger partial charge < -0.3 is 4.74 Å². The summed E-state index contributed by atoms with van der Waals surface area (Å²) < 4.78 is 17.4. The fourth-order valence-corrected chi connectivity index (χ4v) is 0.804. The highest BCUT2D eigenvalue weighted by atomic mass is 35.5. The Hall–Kier alpha value is -0.760. The van der Waals surface area contributed by atoms with Crippen LogP contribution >= 0.6 is 11.6 Å². The lowest BCUT2D eigenvalue weighted by atomic mass is 10.3. The summed E-state index contributed by atoms with van der Waals surface area (Å²) in [5.41, 5.74) is -0.388. The molecule has 0 bridgehead atoms. The van der Waals surface area contributed by atoms with Crippen molar-refractivity contribution in [2.24, 2.45) is 0 Å². The van der Waals surface area contributed by atoms with Gasteiger partial charge in [-0.25, -0.2) is 4.39 Å². The molecule has 1 aromatic carbocycles. The molecule has 1 rings (SSSR count). The van der Waals surface area contributed by atoms with Gasteiger partial charge in [0.05, 0.1) is 0 Å². The summed E-state index contributed by atoms with van der Waals surface area (Å²) in [5, 5.41) is 0. The molecule has 0 fully saturated rings. The Balaban J connectivity index is 2.66. The molecule has 3 heteroatoms. The molecule has 1 nitrogen and oxygen atoms in total. The molecular formula is C8H8ClFO. The van der Waals surface area contributed by atoms with Crippen LogP contribution in [0.4, 0.5) is 4.39 Å². The van der Waals surface area contributed by atoms with Crippen LogP contribution in [0, 0.1) is 5.82 Å². The molecular weight excluding hydrogens is 167 g/mol. The van der Waals surface area contributed by atoms with Crippen molar-refractivity contribution in [3.8, 4) is 5.75 Å².